The van der Waals surface area contributed by atoms with Gasteiger partial charge in [-0.1, -0.05) is 30.3 Å². The van der Waals surface area contributed by atoms with E-state index in [2.05, 4.69) is 9.97 Å². The van der Waals surface area contributed by atoms with Crippen LogP contribution in [-0.4, -0.2) is 16.5 Å². The second kappa shape index (κ2) is 5.06. The molecule has 0 saturated heterocycles. The van der Waals surface area contributed by atoms with Crippen LogP contribution in [0.5, 0.6) is 0 Å². The first-order chi connectivity index (χ1) is 8.22. The third kappa shape index (κ3) is 2.50. The van der Waals surface area contributed by atoms with Crippen LogP contribution in [0.4, 0.5) is 0 Å². The van der Waals surface area contributed by atoms with Gasteiger partial charge in [-0.15, -0.1) is 0 Å². The van der Waals surface area contributed by atoms with Gasteiger partial charge in [0.15, 0.2) is 5.82 Å². The van der Waals surface area contributed by atoms with Crippen molar-refractivity contribution in [2.24, 2.45) is 5.73 Å². The van der Waals surface area contributed by atoms with E-state index in [1.165, 1.54) is 5.56 Å². The van der Waals surface area contributed by atoms with Crippen molar-refractivity contribution in [1.29, 1.82) is 0 Å². The summed E-state index contributed by atoms with van der Waals surface area (Å²) in [5.74, 6) is 0.793. The van der Waals surface area contributed by atoms with Crippen LogP contribution in [0.3, 0.4) is 0 Å². The molecule has 0 amide bonds. The molecule has 2 rings (SSSR count). The number of rotatable bonds is 3. The molecular weight excluding hydrogens is 210 g/mol. The Morgan fingerprint density at radius 2 is 1.59 bits per heavy atom. The highest BCUT2D eigenvalue weighted by Gasteiger charge is 2.08. The van der Waals surface area contributed by atoms with Crippen LogP contribution >= 0.6 is 0 Å². The molecule has 0 radical (unpaired) electrons. The van der Waals surface area contributed by atoms with Crippen molar-refractivity contribution in [3.8, 4) is 11.4 Å². The molecule has 1 aromatic carbocycles. The first-order valence-corrected chi connectivity index (χ1v) is 5.82. The van der Waals surface area contributed by atoms with Crippen LogP contribution in [0.25, 0.3) is 11.4 Å². The van der Waals surface area contributed by atoms with E-state index >= 15 is 0 Å². The maximum Gasteiger partial charge on any atom is 0.159 e. The topological polar surface area (TPSA) is 51.8 Å². The van der Waals surface area contributed by atoms with Crippen LogP contribution in [0.2, 0.25) is 0 Å². The van der Waals surface area contributed by atoms with E-state index in [4.69, 9.17) is 5.73 Å². The number of hydrogen-bond donors (Lipinski definition) is 1. The summed E-state index contributed by atoms with van der Waals surface area (Å²) in [6.45, 7) is 4.67. The zero-order chi connectivity index (χ0) is 12.3. The minimum atomic E-state index is 0.635. The highest BCUT2D eigenvalue weighted by atomic mass is 14.9. The Hall–Kier alpha value is -1.74. The van der Waals surface area contributed by atoms with Crippen LogP contribution < -0.4 is 5.73 Å². The highest BCUT2D eigenvalue weighted by Crippen LogP contribution is 2.18. The molecule has 0 fully saturated rings. The van der Waals surface area contributed by atoms with Gasteiger partial charge >= 0.3 is 0 Å². The summed E-state index contributed by atoms with van der Waals surface area (Å²) in [6, 6.07) is 10.0. The summed E-state index contributed by atoms with van der Waals surface area (Å²) in [7, 11) is 0. The Morgan fingerprint density at radius 1 is 1.00 bits per heavy atom. The van der Waals surface area contributed by atoms with Gasteiger partial charge in [-0.2, -0.15) is 0 Å². The lowest BCUT2D eigenvalue weighted by molar-refractivity contribution is 0.899. The lowest BCUT2D eigenvalue weighted by Crippen LogP contribution is -2.09. The van der Waals surface area contributed by atoms with Crippen molar-refractivity contribution in [1.82, 2.24) is 9.97 Å². The van der Waals surface area contributed by atoms with Gasteiger partial charge in [-0.25, -0.2) is 9.97 Å². The van der Waals surface area contributed by atoms with Gasteiger partial charge in [0.2, 0.25) is 0 Å². The van der Waals surface area contributed by atoms with Gasteiger partial charge in [0.25, 0.3) is 0 Å². The molecule has 0 aliphatic carbocycles. The smallest absolute Gasteiger partial charge is 0.159 e. The van der Waals surface area contributed by atoms with Gasteiger partial charge in [-0.05, 0) is 32.4 Å². The van der Waals surface area contributed by atoms with E-state index in [-0.39, 0.29) is 0 Å². The minimum Gasteiger partial charge on any atom is -0.330 e. The number of aryl methyl sites for hydroxylation is 2. The molecular formula is C14H17N3. The van der Waals surface area contributed by atoms with Crippen molar-refractivity contribution in [2.45, 2.75) is 20.3 Å². The van der Waals surface area contributed by atoms with Crippen molar-refractivity contribution in [3.63, 3.8) is 0 Å². The van der Waals surface area contributed by atoms with Gasteiger partial charge < -0.3 is 5.73 Å². The quantitative estimate of drug-likeness (QED) is 0.875. The number of nitrogens with zero attached hydrogens (tertiary/aromatic N) is 2. The second-order valence-electron chi connectivity index (χ2n) is 4.10. The molecule has 0 bridgehead atoms. The fourth-order valence-corrected chi connectivity index (χ4v) is 1.96. The average molecular weight is 227 g/mol. The van der Waals surface area contributed by atoms with Crippen molar-refractivity contribution in [3.05, 3.63) is 47.3 Å². The molecule has 0 saturated carbocycles. The average Bonchev–Trinajstić information content (AvgIpc) is 2.35. The zero-order valence-electron chi connectivity index (χ0n) is 10.3. The van der Waals surface area contributed by atoms with E-state index in [1.807, 2.05) is 44.2 Å². The molecule has 0 aliphatic heterocycles. The first kappa shape index (κ1) is 11.7. The minimum absolute atomic E-state index is 0.635. The molecule has 3 heteroatoms. The molecule has 0 spiro atoms. The summed E-state index contributed by atoms with van der Waals surface area (Å²) in [6.07, 6.45) is 0.840. The number of nitrogens with two attached hydrogens (primary N) is 1. The van der Waals surface area contributed by atoms with Crippen molar-refractivity contribution in [2.75, 3.05) is 6.54 Å². The molecule has 2 aromatic rings. The van der Waals surface area contributed by atoms with E-state index < -0.39 is 0 Å². The largest absolute Gasteiger partial charge is 0.330 e. The number of aromatic nitrogens is 2. The Balaban J connectivity index is 2.46. The molecule has 17 heavy (non-hydrogen) atoms. The van der Waals surface area contributed by atoms with E-state index in [0.717, 1.165) is 29.2 Å². The monoisotopic (exact) mass is 227 g/mol. The summed E-state index contributed by atoms with van der Waals surface area (Å²) in [4.78, 5) is 9.11. The molecule has 1 aromatic heterocycles. The maximum atomic E-state index is 5.59. The zero-order valence-corrected chi connectivity index (χ0v) is 10.3. The first-order valence-electron chi connectivity index (χ1n) is 5.82. The lowest BCUT2D eigenvalue weighted by atomic mass is 10.1. The van der Waals surface area contributed by atoms with Crippen LogP contribution in [0, 0.1) is 13.8 Å². The van der Waals surface area contributed by atoms with E-state index in [0.29, 0.717) is 6.54 Å². The number of benzene rings is 1. The Labute approximate surface area is 102 Å². The van der Waals surface area contributed by atoms with Crippen molar-refractivity contribution >= 4 is 0 Å². The Morgan fingerprint density at radius 3 is 2.12 bits per heavy atom. The molecule has 0 atom stereocenters. The molecule has 0 unspecified atom stereocenters. The predicted molar refractivity (Wildman–Crippen MR) is 69.7 cm³/mol. The van der Waals surface area contributed by atoms with E-state index in [1.54, 1.807) is 0 Å². The molecule has 3 nitrogen and oxygen atoms in total. The summed E-state index contributed by atoms with van der Waals surface area (Å²) >= 11 is 0. The Kier molecular flexibility index (Phi) is 3.49. The van der Waals surface area contributed by atoms with E-state index in [9.17, 15) is 0 Å². The van der Waals surface area contributed by atoms with Crippen LogP contribution in [0.15, 0.2) is 30.3 Å². The number of hydrogen-bond acceptors (Lipinski definition) is 3. The molecule has 2 N–H and O–H groups in total. The Bertz CT molecular complexity index is 483. The van der Waals surface area contributed by atoms with Crippen molar-refractivity contribution < 1.29 is 0 Å². The summed E-state index contributed by atoms with van der Waals surface area (Å²) in [5, 5.41) is 0. The van der Waals surface area contributed by atoms with Gasteiger partial charge in [-0.3, -0.25) is 0 Å². The maximum absolute atomic E-state index is 5.59. The fraction of sp³-hybridized carbons (Fsp3) is 0.286. The second-order valence-corrected chi connectivity index (χ2v) is 4.10. The standard InChI is InChI=1S/C14H17N3/c1-10-13(8-9-15)11(2)17-14(16-10)12-6-4-3-5-7-12/h3-7H,8-9,15H2,1-2H3. The third-order valence-corrected chi connectivity index (χ3v) is 2.85. The third-order valence-electron chi connectivity index (χ3n) is 2.85. The molecule has 1 heterocycles. The fourth-order valence-electron chi connectivity index (χ4n) is 1.96. The van der Waals surface area contributed by atoms with Gasteiger partial charge in [0, 0.05) is 17.0 Å². The molecule has 88 valence electrons. The lowest BCUT2D eigenvalue weighted by Gasteiger charge is -2.09. The van der Waals surface area contributed by atoms with Gasteiger partial charge in [0.1, 0.15) is 0 Å². The SMILES string of the molecule is Cc1nc(-c2ccccc2)nc(C)c1CCN. The normalized spacial score (nSPS) is 10.5. The summed E-state index contributed by atoms with van der Waals surface area (Å²) < 4.78 is 0. The predicted octanol–water partition coefficient (Wildman–Crippen LogP) is 2.26. The highest BCUT2D eigenvalue weighted by molar-refractivity contribution is 5.55. The van der Waals surface area contributed by atoms with Crippen LogP contribution in [-0.2, 0) is 6.42 Å². The summed E-state index contributed by atoms with van der Waals surface area (Å²) in [5.41, 5.74) is 9.88. The van der Waals surface area contributed by atoms with Crippen LogP contribution in [0.1, 0.15) is 17.0 Å². The molecule has 0 aliphatic rings. The van der Waals surface area contributed by atoms with Gasteiger partial charge in [0.05, 0.1) is 0 Å².